The summed E-state index contributed by atoms with van der Waals surface area (Å²) in [6, 6.07) is 17.5. The largest absolute Gasteiger partial charge is 0.497 e. The predicted molar refractivity (Wildman–Crippen MR) is 107 cm³/mol. The van der Waals surface area contributed by atoms with E-state index >= 15 is 0 Å². The fourth-order valence-electron chi connectivity index (χ4n) is 3.44. The van der Waals surface area contributed by atoms with Crippen LogP contribution in [0.1, 0.15) is 19.3 Å². The highest BCUT2D eigenvalue weighted by Gasteiger charge is 2.24. The zero-order valence-corrected chi connectivity index (χ0v) is 15.9. The fourth-order valence-corrected chi connectivity index (χ4v) is 3.44. The molecule has 28 heavy (non-hydrogen) atoms. The zero-order chi connectivity index (χ0) is 19.5. The molecule has 1 aliphatic rings. The van der Waals surface area contributed by atoms with Gasteiger partial charge in [-0.05, 0) is 25.0 Å². The van der Waals surface area contributed by atoms with E-state index in [2.05, 4.69) is 0 Å². The lowest BCUT2D eigenvalue weighted by Crippen LogP contribution is -2.07. The van der Waals surface area contributed by atoms with E-state index in [4.69, 9.17) is 19.2 Å². The van der Waals surface area contributed by atoms with Gasteiger partial charge in [0.1, 0.15) is 17.3 Å². The van der Waals surface area contributed by atoms with Crippen LogP contribution in [0.5, 0.6) is 11.5 Å². The molecular weight excluding hydrogens is 354 g/mol. The number of nitrogens with zero attached hydrogens (tertiary/aromatic N) is 1. The van der Waals surface area contributed by atoms with E-state index in [0.29, 0.717) is 29.9 Å². The van der Waals surface area contributed by atoms with Crippen molar-refractivity contribution in [1.82, 2.24) is 4.98 Å². The second kappa shape index (κ2) is 7.72. The van der Waals surface area contributed by atoms with E-state index in [1.165, 1.54) is 7.11 Å². The van der Waals surface area contributed by atoms with E-state index in [9.17, 15) is 4.79 Å². The number of allylic oxidation sites excluding steroid dienone is 1. The van der Waals surface area contributed by atoms with Crippen LogP contribution in [-0.4, -0.2) is 25.2 Å². The van der Waals surface area contributed by atoms with Gasteiger partial charge in [-0.2, -0.15) is 0 Å². The Bertz CT molecular complexity index is 1060. The first-order valence-corrected chi connectivity index (χ1v) is 9.22. The van der Waals surface area contributed by atoms with Gasteiger partial charge in [0.15, 0.2) is 0 Å². The summed E-state index contributed by atoms with van der Waals surface area (Å²) in [5, 5.41) is 0.865. The maximum atomic E-state index is 12.1. The third kappa shape index (κ3) is 3.43. The van der Waals surface area contributed by atoms with Crippen LogP contribution >= 0.6 is 0 Å². The molecule has 142 valence electrons. The van der Waals surface area contributed by atoms with Crippen molar-refractivity contribution in [1.29, 1.82) is 0 Å². The highest BCUT2D eigenvalue weighted by molar-refractivity contribution is 5.91. The van der Waals surface area contributed by atoms with Crippen molar-refractivity contribution in [3.63, 3.8) is 0 Å². The number of esters is 1. The molecule has 1 aliphatic carbocycles. The number of carbonyl (C=O) groups excluding carboxylic acids is 1. The Morgan fingerprint density at radius 1 is 1.00 bits per heavy atom. The lowest BCUT2D eigenvalue weighted by atomic mass is 10.1. The average Bonchev–Trinajstić information content (AvgIpc) is 3.21. The Morgan fingerprint density at radius 2 is 1.82 bits per heavy atom. The van der Waals surface area contributed by atoms with E-state index in [1.807, 2.05) is 54.6 Å². The van der Waals surface area contributed by atoms with E-state index < -0.39 is 0 Å². The highest BCUT2D eigenvalue weighted by atomic mass is 16.5. The summed E-state index contributed by atoms with van der Waals surface area (Å²) < 4.78 is 16.5. The van der Waals surface area contributed by atoms with Gasteiger partial charge in [-0.3, -0.25) is 0 Å². The second-order valence-corrected chi connectivity index (χ2v) is 6.60. The summed E-state index contributed by atoms with van der Waals surface area (Å²) in [5.41, 5.74) is 3.18. The first kappa shape index (κ1) is 18.0. The van der Waals surface area contributed by atoms with Crippen LogP contribution in [0.4, 0.5) is 0 Å². The molecule has 0 saturated carbocycles. The standard InChI is InChI=1S/C23H21NO4/c1-26-16-11-12-17-20(13-16)24-19(15-7-4-3-5-8-15)14-22(17)28-21-10-6-9-18(21)23(25)27-2/h3-5,7-8,11-14H,6,9-10H2,1-2H3. The Balaban J connectivity index is 1.85. The number of carbonyl (C=O) groups is 1. The summed E-state index contributed by atoms with van der Waals surface area (Å²) >= 11 is 0. The number of rotatable bonds is 5. The Labute approximate surface area is 163 Å². The van der Waals surface area contributed by atoms with Crippen LogP contribution in [0.2, 0.25) is 0 Å². The van der Waals surface area contributed by atoms with Gasteiger partial charge in [-0.25, -0.2) is 9.78 Å². The molecule has 0 bridgehead atoms. The smallest absolute Gasteiger partial charge is 0.337 e. The minimum atomic E-state index is -0.323. The van der Waals surface area contributed by atoms with Gasteiger partial charge in [0.05, 0.1) is 31.0 Å². The summed E-state index contributed by atoms with van der Waals surface area (Å²) in [6.45, 7) is 0. The lowest BCUT2D eigenvalue weighted by molar-refractivity contribution is -0.136. The SMILES string of the molecule is COC(=O)C1=C(Oc2cc(-c3ccccc3)nc3cc(OC)ccc23)CCC1. The molecule has 5 heteroatoms. The topological polar surface area (TPSA) is 57.7 Å². The molecule has 0 amide bonds. The van der Waals surface area contributed by atoms with Gasteiger partial charge in [0, 0.05) is 29.5 Å². The number of aromatic nitrogens is 1. The maximum absolute atomic E-state index is 12.1. The molecule has 4 rings (SSSR count). The van der Waals surface area contributed by atoms with Crippen LogP contribution in [-0.2, 0) is 9.53 Å². The summed E-state index contributed by atoms with van der Waals surface area (Å²) in [4.78, 5) is 16.9. The highest BCUT2D eigenvalue weighted by Crippen LogP contribution is 2.36. The number of ether oxygens (including phenoxy) is 3. The fraction of sp³-hybridized carbons (Fsp3) is 0.217. The Morgan fingerprint density at radius 3 is 2.57 bits per heavy atom. The van der Waals surface area contributed by atoms with E-state index in [-0.39, 0.29) is 5.97 Å². The van der Waals surface area contributed by atoms with Crippen LogP contribution in [0, 0.1) is 0 Å². The maximum Gasteiger partial charge on any atom is 0.337 e. The summed E-state index contributed by atoms with van der Waals surface area (Å²) in [5.74, 6) is 1.75. The minimum Gasteiger partial charge on any atom is -0.497 e. The molecule has 0 saturated heterocycles. The number of methoxy groups -OCH3 is 2. The van der Waals surface area contributed by atoms with Crippen LogP contribution in [0.25, 0.3) is 22.2 Å². The molecule has 0 N–H and O–H groups in total. The van der Waals surface area contributed by atoms with Crippen molar-refractivity contribution >= 4 is 16.9 Å². The minimum absolute atomic E-state index is 0.323. The van der Waals surface area contributed by atoms with Gasteiger partial charge in [-0.1, -0.05) is 30.3 Å². The molecule has 1 heterocycles. The van der Waals surface area contributed by atoms with Gasteiger partial charge >= 0.3 is 5.97 Å². The average molecular weight is 375 g/mol. The monoisotopic (exact) mass is 375 g/mol. The van der Waals surface area contributed by atoms with Gasteiger partial charge < -0.3 is 14.2 Å². The molecule has 0 unspecified atom stereocenters. The molecular formula is C23H21NO4. The zero-order valence-electron chi connectivity index (χ0n) is 15.9. The molecule has 0 atom stereocenters. The summed E-state index contributed by atoms with van der Waals surface area (Å²) in [6.07, 6.45) is 2.26. The quantitative estimate of drug-likeness (QED) is 0.594. The van der Waals surface area contributed by atoms with Crippen molar-refractivity contribution < 1.29 is 19.0 Å². The van der Waals surface area contributed by atoms with Crippen molar-refractivity contribution in [2.75, 3.05) is 14.2 Å². The van der Waals surface area contributed by atoms with Crippen LogP contribution < -0.4 is 9.47 Å². The number of hydrogen-bond donors (Lipinski definition) is 0. The predicted octanol–water partition coefficient (Wildman–Crippen LogP) is 4.90. The summed E-state index contributed by atoms with van der Waals surface area (Å²) in [7, 11) is 3.03. The molecule has 0 aliphatic heterocycles. The first-order valence-electron chi connectivity index (χ1n) is 9.22. The molecule has 0 spiro atoms. The third-order valence-corrected chi connectivity index (χ3v) is 4.88. The molecule has 3 aromatic rings. The number of fused-ring (bicyclic) bond motifs is 1. The van der Waals surface area contributed by atoms with Crippen LogP contribution in [0.15, 0.2) is 65.9 Å². The van der Waals surface area contributed by atoms with Gasteiger partial charge in [0.25, 0.3) is 0 Å². The normalized spacial score (nSPS) is 13.6. The first-order chi connectivity index (χ1) is 13.7. The van der Waals surface area contributed by atoms with Gasteiger partial charge in [0.2, 0.25) is 0 Å². The van der Waals surface area contributed by atoms with Crippen molar-refractivity contribution in [3.05, 3.63) is 65.9 Å². The van der Waals surface area contributed by atoms with Gasteiger partial charge in [-0.15, -0.1) is 0 Å². The third-order valence-electron chi connectivity index (χ3n) is 4.88. The molecule has 2 aromatic carbocycles. The molecule has 1 aromatic heterocycles. The lowest BCUT2D eigenvalue weighted by Gasteiger charge is -2.14. The number of pyridine rings is 1. The molecule has 5 nitrogen and oxygen atoms in total. The Kier molecular flexibility index (Phi) is 4.98. The van der Waals surface area contributed by atoms with Crippen molar-refractivity contribution in [3.8, 4) is 22.8 Å². The van der Waals surface area contributed by atoms with Crippen LogP contribution in [0.3, 0.4) is 0 Å². The Hall–Kier alpha value is -3.34. The number of benzene rings is 2. The van der Waals surface area contributed by atoms with Crippen molar-refractivity contribution in [2.24, 2.45) is 0 Å². The van der Waals surface area contributed by atoms with E-state index in [0.717, 1.165) is 34.3 Å². The second-order valence-electron chi connectivity index (χ2n) is 6.60. The van der Waals surface area contributed by atoms with Crippen molar-refractivity contribution in [2.45, 2.75) is 19.3 Å². The number of hydrogen-bond acceptors (Lipinski definition) is 5. The van der Waals surface area contributed by atoms with E-state index in [1.54, 1.807) is 7.11 Å². The molecule has 0 fully saturated rings. The molecule has 0 radical (unpaired) electrons.